The molecule has 0 aliphatic heterocycles. The van der Waals surface area contributed by atoms with Crippen LogP contribution in [-0.2, 0) is 10.0 Å². The van der Waals surface area contributed by atoms with E-state index < -0.39 is 16.1 Å². The lowest BCUT2D eigenvalue weighted by Gasteiger charge is -2.09. The fourth-order valence-electron chi connectivity index (χ4n) is 1.47. The molecule has 0 aliphatic carbocycles. The van der Waals surface area contributed by atoms with Crippen molar-refractivity contribution in [1.82, 2.24) is 4.72 Å². The SMILES string of the molecule is O=S(=O)(NCCC(O)c1ccsc1)c1ccc(Br)s1. The molecule has 0 bridgehead atoms. The van der Waals surface area contributed by atoms with Gasteiger partial charge in [-0.15, -0.1) is 11.3 Å². The molecule has 1 unspecified atom stereocenters. The monoisotopic (exact) mass is 381 g/mol. The Bertz CT molecular complexity index is 621. The van der Waals surface area contributed by atoms with Crippen LogP contribution in [0.4, 0.5) is 0 Å². The molecule has 2 heterocycles. The molecule has 0 fully saturated rings. The van der Waals surface area contributed by atoms with E-state index in [-0.39, 0.29) is 10.8 Å². The first kappa shape index (κ1) is 15.1. The summed E-state index contributed by atoms with van der Waals surface area (Å²) in [6, 6.07) is 5.08. The van der Waals surface area contributed by atoms with Crippen LogP contribution in [0.1, 0.15) is 18.1 Å². The fraction of sp³-hybridized carbons (Fsp3) is 0.273. The summed E-state index contributed by atoms with van der Waals surface area (Å²) in [7, 11) is -3.47. The van der Waals surface area contributed by atoms with E-state index in [4.69, 9.17) is 0 Å². The van der Waals surface area contributed by atoms with Crippen LogP contribution in [0.5, 0.6) is 0 Å². The van der Waals surface area contributed by atoms with Gasteiger partial charge in [0.05, 0.1) is 9.89 Å². The highest BCUT2D eigenvalue weighted by molar-refractivity contribution is 9.11. The Hall–Kier alpha value is -0.250. The Morgan fingerprint density at radius 1 is 1.37 bits per heavy atom. The quantitative estimate of drug-likeness (QED) is 0.807. The van der Waals surface area contributed by atoms with Gasteiger partial charge >= 0.3 is 0 Å². The Labute approximate surface area is 128 Å². The van der Waals surface area contributed by atoms with Crippen molar-refractivity contribution >= 4 is 48.6 Å². The molecular weight excluding hydrogens is 370 g/mol. The molecule has 4 nitrogen and oxygen atoms in total. The van der Waals surface area contributed by atoms with Gasteiger partial charge in [0.15, 0.2) is 0 Å². The minimum absolute atomic E-state index is 0.203. The number of nitrogens with one attached hydrogen (secondary N) is 1. The van der Waals surface area contributed by atoms with Crippen LogP contribution < -0.4 is 4.72 Å². The normalized spacial score (nSPS) is 13.6. The molecule has 19 heavy (non-hydrogen) atoms. The molecule has 2 rings (SSSR count). The largest absolute Gasteiger partial charge is 0.388 e. The third kappa shape index (κ3) is 4.11. The Balaban J connectivity index is 1.89. The first-order valence-corrected chi connectivity index (χ1v) is 9.48. The summed E-state index contributed by atoms with van der Waals surface area (Å²) in [5.74, 6) is 0. The number of sulfonamides is 1. The topological polar surface area (TPSA) is 66.4 Å². The molecule has 0 aliphatic rings. The molecule has 0 radical (unpaired) electrons. The second kappa shape index (κ2) is 6.47. The molecule has 8 heteroatoms. The second-order valence-corrected chi connectivity index (χ2v) is 9.05. The Kier molecular flexibility index (Phi) is 5.15. The van der Waals surface area contributed by atoms with Gasteiger partial charge in [-0.25, -0.2) is 13.1 Å². The van der Waals surface area contributed by atoms with Crippen LogP contribution in [0.25, 0.3) is 0 Å². The van der Waals surface area contributed by atoms with Gasteiger partial charge in [-0.1, -0.05) is 0 Å². The zero-order chi connectivity index (χ0) is 13.9. The van der Waals surface area contributed by atoms with Crippen LogP contribution >= 0.6 is 38.6 Å². The first-order chi connectivity index (χ1) is 8.99. The maximum atomic E-state index is 11.9. The third-order valence-corrected chi connectivity index (χ3v) is 6.73. The van der Waals surface area contributed by atoms with Gasteiger partial charge in [-0.3, -0.25) is 0 Å². The zero-order valence-corrected chi connectivity index (χ0v) is 13.8. The first-order valence-electron chi connectivity index (χ1n) is 5.44. The van der Waals surface area contributed by atoms with Gasteiger partial charge in [0, 0.05) is 6.54 Å². The van der Waals surface area contributed by atoms with Crippen molar-refractivity contribution in [1.29, 1.82) is 0 Å². The maximum absolute atomic E-state index is 11.9. The number of thiophene rings is 2. The van der Waals surface area contributed by atoms with Crippen molar-refractivity contribution in [3.63, 3.8) is 0 Å². The smallest absolute Gasteiger partial charge is 0.250 e. The summed E-state index contributed by atoms with van der Waals surface area (Å²) in [6.07, 6.45) is -0.285. The molecule has 2 aromatic rings. The Morgan fingerprint density at radius 3 is 2.74 bits per heavy atom. The highest BCUT2D eigenvalue weighted by Gasteiger charge is 2.17. The van der Waals surface area contributed by atoms with E-state index in [1.807, 2.05) is 16.8 Å². The molecule has 104 valence electrons. The van der Waals surface area contributed by atoms with E-state index in [1.54, 1.807) is 12.1 Å². The van der Waals surface area contributed by atoms with E-state index in [9.17, 15) is 13.5 Å². The van der Waals surface area contributed by atoms with Gasteiger partial charge in [0.2, 0.25) is 10.0 Å². The van der Waals surface area contributed by atoms with Gasteiger partial charge < -0.3 is 5.11 Å². The van der Waals surface area contributed by atoms with E-state index in [2.05, 4.69) is 20.7 Å². The molecule has 0 saturated heterocycles. The summed E-state index contributed by atoms with van der Waals surface area (Å²) in [5, 5.41) is 13.6. The summed E-state index contributed by atoms with van der Waals surface area (Å²) < 4.78 is 27.3. The van der Waals surface area contributed by atoms with Crippen LogP contribution in [0, 0.1) is 0 Å². The fourth-order valence-corrected chi connectivity index (χ4v) is 5.28. The van der Waals surface area contributed by atoms with Crippen LogP contribution in [0.3, 0.4) is 0 Å². The molecule has 0 spiro atoms. The number of rotatable bonds is 6. The van der Waals surface area contributed by atoms with Crippen molar-refractivity contribution in [3.05, 3.63) is 38.3 Å². The number of halogens is 1. The number of hydrogen-bond acceptors (Lipinski definition) is 5. The lowest BCUT2D eigenvalue weighted by molar-refractivity contribution is 0.169. The summed E-state index contributed by atoms with van der Waals surface area (Å²) in [6.45, 7) is 0.203. The Morgan fingerprint density at radius 2 is 2.16 bits per heavy atom. The van der Waals surface area contributed by atoms with Crippen molar-refractivity contribution in [3.8, 4) is 0 Å². The standard InChI is InChI=1S/C11H12BrNO3S3/c12-10-1-2-11(18-10)19(15,16)13-5-3-9(14)8-4-6-17-7-8/h1-2,4,6-7,9,13-14H,3,5H2. The van der Waals surface area contributed by atoms with Gasteiger partial charge in [0.1, 0.15) is 4.21 Å². The molecular formula is C11H12BrNO3S3. The van der Waals surface area contributed by atoms with E-state index >= 15 is 0 Å². The molecule has 2 aromatic heterocycles. The summed E-state index contributed by atoms with van der Waals surface area (Å²) >= 11 is 5.89. The van der Waals surface area contributed by atoms with Crippen molar-refractivity contribution < 1.29 is 13.5 Å². The number of aliphatic hydroxyl groups excluding tert-OH is 1. The zero-order valence-electron chi connectivity index (χ0n) is 9.74. The van der Waals surface area contributed by atoms with Crippen molar-refractivity contribution in [2.24, 2.45) is 0 Å². The minimum Gasteiger partial charge on any atom is -0.388 e. The third-order valence-electron chi connectivity index (χ3n) is 2.45. The van der Waals surface area contributed by atoms with Crippen molar-refractivity contribution in [2.45, 2.75) is 16.7 Å². The van der Waals surface area contributed by atoms with Gasteiger partial charge in [-0.2, -0.15) is 11.3 Å². The number of aliphatic hydroxyl groups is 1. The van der Waals surface area contributed by atoms with E-state index in [0.29, 0.717) is 6.42 Å². The van der Waals surface area contributed by atoms with Crippen LogP contribution in [0.2, 0.25) is 0 Å². The minimum atomic E-state index is -3.47. The van der Waals surface area contributed by atoms with E-state index in [1.165, 1.54) is 11.3 Å². The summed E-state index contributed by atoms with van der Waals surface area (Å²) in [5.41, 5.74) is 0.822. The lowest BCUT2D eigenvalue weighted by atomic mass is 10.1. The molecule has 2 N–H and O–H groups in total. The molecule has 0 amide bonds. The maximum Gasteiger partial charge on any atom is 0.250 e. The molecule has 0 aromatic carbocycles. The second-order valence-electron chi connectivity index (χ2n) is 3.82. The lowest BCUT2D eigenvalue weighted by Crippen LogP contribution is -2.25. The summed E-state index contributed by atoms with van der Waals surface area (Å²) in [4.78, 5) is 0. The van der Waals surface area contributed by atoms with Gasteiger partial charge in [-0.05, 0) is 56.9 Å². The van der Waals surface area contributed by atoms with E-state index in [0.717, 1.165) is 20.7 Å². The number of hydrogen-bond donors (Lipinski definition) is 2. The van der Waals surface area contributed by atoms with Gasteiger partial charge in [0.25, 0.3) is 0 Å². The predicted octanol–water partition coefficient (Wildman–Crippen LogP) is 2.97. The highest BCUT2D eigenvalue weighted by atomic mass is 79.9. The molecule has 0 saturated carbocycles. The average molecular weight is 382 g/mol. The average Bonchev–Trinajstić information content (AvgIpc) is 2.99. The molecule has 1 atom stereocenters. The van der Waals surface area contributed by atoms with Crippen LogP contribution in [-0.4, -0.2) is 20.1 Å². The van der Waals surface area contributed by atoms with Crippen LogP contribution in [0.15, 0.2) is 37.0 Å². The predicted molar refractivity (Wildman–Crippen MR) is 81.1 cm³/mol. The van der Waals surface area contributed by atoms with Crippen molar-refractivity contribution in [2.75, 3.05) is 6.54 Å². The highest BCUT2D eigenvalue weighted by Crippen LogP contribution is 2.26.